The van der Waals surface area contributed by atoms with Crippen LogP contribution in [0.4, 0.5) is 5.69 Å². The third-order valence-electron chi connectivity index (χ3n) is 5.55. The van der Waals surface area contributed by atoms with Gasteiger partial charge in [0.1, 0.15) is 0 Å². The monoisotopic (exact) mass is 315 g/mol. The molecule has 2 aliphatic heterocycles. The van der Waals surface area contributed by atoms with E-state index in [1.165, 1.54) is 37.8 Å². The van der Waals surface area contributed by atoms with Crippen molar-refractivity contribution in [2.24, 2.45) is 5.92 Å². The van der Waals surface area contributed by atoms with Crippen LogP contribution in [0.2, 0.25) is 0 Å². The summed E-state index contributed by atoms with van der Waals surface area (Å²) in [4.78, 5) is 14.6. The van der Waals surface area contributed by atoms with Gasteiger partial charge < -0.3 is 10.6 Å². The summed E-state index contributed by atoms with van der Waals surface area (Å²) in [5, 5.41) is 6.70. The second-order valence-electron chi connectivity index (χ2n) is 7.11. The molecule has 2 N–H and O–H groups in total. The zero-order valence-corrected chi connectivity index (χ0v) is 14.4. The van der Waals surface area contributed by atoms with Crippen molar-refractivity contribution in [1.82, 2.24) is 10.2 Å². The van der Waals surface area contributed by atoms with Gasteiger partial charge in [-0.2, -0.15) is 0 Å². The molecule has 4 nitrogen and oxygen atoms in total. The maximum atomic E-state index is 12.3. The Morgan fingerprint density at radius 2 is 2.04 bits per heavy atom. The van der Waals surface area contributed by atoms with Crippen molar-refractivity contribution < 1.29 is 4.79 Å². The highest BCUT2D eigenvalue weighted by atomic mass is 16.2. The van der Waals surface area contributed by atoms with E-state index >= 15 is 0 Å². The van der Waals surface area contributed by atoms with Crippen molar-refractivity contribution in [3.63, 3.8) is 0 Å². The standard InChI is InChI=1S/C19H29N3O/c1-14-5-3-6-17(15(14)2)21-19(23)13-22-11-8-16(9-12-22)18-7-4-10-20-18/h3,5-6,16,18,20H,4,7-13H2,1-2H3,(H,21,23). The molecule has 1 atom stereocenters. The maximum Gasteiger partial charge on any atom is 0.238 e. The number of nitrogens with one attached hydrogen (secondary N) is 2. The van der Waals surface area contributed by atoms with Gasteiger partial charge in [0.05, 0.1) is 6.54 Å². The smallest absolute Gasteiger partial charge is 0.238 e. The van der Waals surface area contributed by atoms with E-state index in [1.54, 1.807) is 0 Å². The first kappa shape index (κ1) is 16.5. The highest BCUT2D eigenvalue weighted by Gasteiger charge is 2.28. The van der Waals surface area contributed by atoms with Gasteiger partial charge in [-0.05, 0) is 82.3 Å². The first-order valence-electron chi connectivity index (χ1n) is 8.95. The molecule has 3 rings (SSSR count). The van der Waals surface area contributed by atoms with Crippen molar-refractivity contribution in [2.75, 3.05) is 31.5 Å². The van der Waals surface area contributed by atoms with Crippen molar-refractivity contribution in [3.05, 3.63) is 29.3 Å². The van der Waals surface area contributed by atoms with E-state index in [1.807, 2.05) is 12.1 Å². The van der Waals surface area contributed by atoms with Crippen LogP contribution in [0, 0.1) is 19.8 Å². The molecule has 0 bridgehead atoms. The van der Waals surface area contributed by atoms with Crippen LogP contribution in [0.15, 0.2) is 18.2 Å². The lowest BCUT2D eigenvalue weighted by Crippen LogP contribution is -2.43. The van der Waals surface area contributed by atoms with Gasteiger partial charge in [0, 0.05) is 11.7 Å². The Morgan fingerprint density at radius 3 is 2.74 bits per heavy atom. The lowest BCUT2D eigenvalue weighted by molar-refractivity contribution is -0.117. The number of piperidine rings is 1. The third kappa shape index (κ3) is 4.12. The van der Waals surface area contributed by atoms with Crippen molar-refractivity contribution in [3.8, 4) is 0 Å². The third-order valence-corrected chi connectivity index (χ3v) is 5.55. The highest BCUT2D eigenvalue weighted by Crippen LogP contribution is 2.25. The number of benzene rings is 1. The molecule has 1 amide bonds. The molecule has 1 aromatic rings. The van der Waals surface area contributed by atoms with Crippen LogP contribution in [-0.2, 0) is 4.79 Å². The summed E-state index contributed by atoms with van der Waals surface area (Å²) in [5.74, 6) is 0.909. The summed E-state index contributed by atoms with van der Waals surface area (Å²) >= 11 is 0. The molecule has 4 heteroatoms. The fourth-order valence-electron chi connectivity index (χ4n) is 3.91. The van der Waals surface area contributed by atoms with E-state index in [0.717, 1.165) is 36.3 Å². The molecule has 2 aliphatic rings. The van der Waals surface area contributed by atoms with Gasteiger partial charge in [-0.3, -0.25) is 9.69 Å². The zero-order valence-electron chi connectivity index (χ0n) is 14.4. The molecule has 2 heterocycles. The first-order valence-corrected chi connectivity index (χ1v) is 8.95. The Bertz CT molecular complexity index is 544. The summed E-state index contributed by atoms with van der Waals surface area (Å²) < 4.78 is 0. The Kier molecular flexibility index (Phi) is 5.34. The minimum absolute atomic E-state index is 0.108. The summed E-state index contributed by atoms with van der Waals surface area (Å²) in [5.41, 5.74) is 3.32. The largest absolute Gasteiger partial charge is 0.325 e. The minimum atomic E-state index is 0.108. The van der Waals surface area contributed by atoms with Crippen LogP contribution in [-0.4, -0.2) is 43.0 Å². The quantitative estimate of drug-likeness (QED) is 0.898. The van der Waals surface area contributed by atoms with Crippen molar-refractivity contribution in [1.29, 1.82) is 0 Å². The molecule has 23 heavy (non-hydrogen) atoms. The van der Waals surface area contributed by atoms with Gasteiger partial charge >= 0.3 is 0 Å². The minimum Gasteiger partial charge on any atom is -0.325 e. The molecule has 2 fully saturated rings. The SMILES string of the molecule is Cc1cccc(NC(=O)CN2CCC(C3CCCN3)CC2)c1C. The average Bonchev–Trinajstić information content (AvgIpc) is 3.07. The van der Waals surface area contributed by atoms with Crippen molar-refractivity contribution in [2.45, 2.75) is 45.6 Å². The molecule has 0 spiro atoms. The number of aryl methyl sites for hydroxylation is 1. The average molecular weight is 315 g/mol. The molecule has 0 saturated carbocycles. The molecule has 0 aromatic heterocycles. The second-order valence-corrected chi connectivity index (χ2v) is 7.11. The first-order chi connectivity index (χ1) is 11.1. The number of nitrogens with zero attached hydrogens (tertiary/aromatic N) is 1. The van der Waals surface area contributed by atoms with E-state index in [0.29, 0.717) is 6.54 Å². The summed E-state index contributed by atoms with van der Waals surface area (Å²) in [6, 6.07) is 6.78. The second kappa shape index (κ2) is 7.45. The van der Waals surface area contributed by atoms with E-state index in [9.17, 15) is 4.79 Å². The lowest BCUT2D eigenvalue weighted by Gasteiger charge is -2.34. The number of rotatable bonds is 4. The number of likely N-dealkylation sites (tertiary alicyclic amines) is 1. The summed E-state index contributed by atoms with van der Waals surface area (Å²) in [6.45, 7) is 7.92. The van der Waals surface area contributed by atoms with Crippen LogP contribution in [0.1, 0.15) is 36.8 Å². The van der Waals surface area contributed by atoms with E-state index in [2.05, 4.69) is 35.4 Å². The fraction of sp³-hybridized carbons (Fsp3) is 0.632. The predicted octanol–water partition coefficient (Wildman–Crippen LogP) is 2.71. The van der Waals surface area contributed by atoms with Gasteiger partial charge in [0.2, 0.25) is 5.91 Å². The van der Waals surface area contributed by atoms with Gasteiger partial charge in [-0.15, -0.1) is 0 Å². The molecule has 1 unspecified atom stereocenters. The number of carbonyl (C=O) groups excluding carboxylic acids is 1. The normalized spacial score (nSPS) is 23.1. The van der Waals surface area contributed by atoms with Gasteiger partial charge in [0.25, 0.3) is 0 Å². The molecule has 2 saturated heterocycles. The summed E-state index contributed by atoms with van der Waals surface area (Å²) in [6.07, 6.45) is 5.09. The van der Waals surface area contributed by atoms with Crippen LogP contribution in [0.5, 0.6) is 0 Å². The molecule has 0 radical (unpaired) electrons. The van der Waals surface area contributed by atoms with Crippen molar-refractivity contribution >= 4 is 11.6 Å². The Hall–Kier alpha value is -1.39. The molecule has 0 aliphatic carbocycles. The van der Waals surface area contributed by atoms with E-state index < -0.39 is 0 Å². The Balaban J connectivity index is 1.46. The number of carbonyl (C=O) groups is 1. The van der Waals surface area contributed by atoms with E-state index in [4.69, 9.17) is 0 Å². The van der Waals surface area contributed by atoms with Gasteiger partial charge in [-0.1, -0.05) is 12.1 Å². The number of hydrogen-bond donors (Lipinski definition) is 2. The fourth-order valence-corrected chi connectivity index (χ4v) is 3.91. The topological polar surface area (TPSA) is 44.4 Å². The number of anilines is 1. The lowest BCUT2D eigenvalue weighted by atomic mass is 9.88. The molecule has 126 valence electrons. The number of amides is 1. The predicted molar refractivity (Wildman–Crippen MR) is 94.7 cm³/mol. The van der Waals surface area contributed by atoms with Crippen LogP contribution in [0.25, 0.3) is 0 Å². The highest BCUT2D eigenvalue weighted by molar-refractivity contribution is 5.93. The molecular formula is C19H29N3O. The van der Waals surface area contributed by atoms with E-state index in [-0.39, 0.29) is 5.91 Å². The summed E-state index contributed by atoms with van der Waals surface area (Å²) in [7, 11) is 0. The van der Waals surface area contributed by atoms with Crippen LogP contribution in [0.3, 0.4) is 0 Å². The zero-order chi connectivity index (χ0) is 16.2. The van der Waals surface area contributed by atoms with Crippen LogP contribution < -0.4 is 10.6 Å². The van der Waals surface area contributed by atoms with Gasteiger partial charge in [-0.25, -0.2) is 0 Å². The Morgan fingerprint density at radius 1 is 1.26 bits per heavy atom. The number of hydrogen-bond acceptors (Lipinski definition) is 3. The Labute approximate surface area is 139 Å². The van der Waals surface area contributed by atoms with Gasteiger partial charge in [0.15, 0.2) is 0 Å². The van der Waals surface area contributed by atoms with Crippen LogP contribution >= 0.6 is 0 Å². The maximum absolute atomic E-state index is 12.3. The molecular weight excluding hydrogens is 286 g/mol. The molecule has 1 aromatic carbocycles.